The Hall–Kier alpha value is -2.57. The Balaban J connectivity index is 1.29. The molecule has 3 aliphatic heterocycles. The van der Waals surface area contributed by atoms with Gasteiger partial charge in [-0.25, -0.2) is 0 Å². The lowest BCUT2D eigenvalue weighted by atomic mass is 9.98. The average Bonchev–Trinajstić information content (AvgIpc) is 3.23. The number of ether oxygens (including phenoxy) is 5. The van der Waals surface area contributed by atoms with Crippen molar-refractivity contribution in [1.82, 2.24) is 10.6 Å². The quantitative estimate of drug-likeness (QED) is 0.541. The molecule has 3 N–H and O–H groups in total. The van der Waals surface area contributed by atoms with Crippen LogP contribution in [-0.2, 0) is 38.1 Å². The zero-order valence-corrected chi connectivity index (χ0v) is 19.9. The maximum absolute atomic E-state index is 12.9. The summed E-state index contributed by atoms with van der Waals surface area (Å²) in [5.41, 5.74) is 1.64. The van der Waals surface area contributed by atoms with Crippen LogP contribution in [0.5, 0.6) is 0 Å². The number of rotatable bonds is 6. The van der Waals surface area contributed by atoms with Gasteiger partial charge >= 0.3 is 0 Å². The summed E-state index contributed by atoms with van der Waals surface area (Å²) < 4.78 is 29.4. The summed E-state index contributed by atoms with van der Waals surface area (Å²) in [6.45, 7) is 8.32. The molecule has 0 aliphatic carbocycles. The monoisotopic (exact) mass is 477 g/mol. The summed E-state index contributed by atoms with van der Waals surface area (Å²) in [4.78, 5) is 37.2. The van der Waals surface area contributed by atoms with E-state index in [-0.39, 0.29) is 19.0 Å². The highest BCUT2D eigenvalue weighted by Gasteiger charge is 2.62. The predicted molar refractivity (Wildman–Crippen MR) is 118 cm³/mol. The lowest BCUT2D eigenvalue weighted by Crippen LogP contribution is -2.60. The Morgan fingerprint density at radius 2 is 1.50 bits per heavy atom. The number of fused-ring (bicyclic) bond motifs is 3. The van der Waals surface area contributed by atoms with Gasteiger partial charge in [0.1, 0.15) is 18.3 Å². The van der Waals surface area contributed by atoms with Crippen molar-refractivity contribution >= 4 is 23.4 Å². The van der Waals surface area contributed by atoms with E-state index in [0.29, 0.717) is 5.69 Å². The molecule has 11 heteroatoms. The molecule has 34 heavy (non-hydrogen) atoms. The summed E-state index contributed by atoms with van der Waals surface area (Å²) in [6, 6.07) is 7.31. The number of carbonyl (C=O) groups excluding carboxylic acids is 3. The van der Waals surface area contributed by atoms with Crippen LogP contribution in [0.3, 0.4) is 0 Å². The molecule has 3 heterocycles. The van der Waals surface area contributed by atoms with Crippen LogP contribution in [0.1, 0.15) is 33.3 Å². The normalized spacial score (nSPS) is 30.7. The molecule has 3 saturated heterocycles. The standard InChI is InChI=1S/C23H31N3O8/c1-12-7-6-8-13(9-12)26-15(28)11-24-14(27)10-25-20(29)18-16-17(32-22(2,3)31-16)19-21(30-18)34-23(4,5)33-19/h6-9,16-19,21H,10-11H2,1-5H3,(H,24,27)(H,25,29)(H,26,28). The van der Waals surface area contributed by atoms with Crippen LogP contribution in [0, 0.1) is 6.92 Å². The number of benzene rings is 1. The Kier molecular flexibility index (Phi) is 6.67. The molecule has 0 aromatic heterocycles. The number of hydrogen-bond donors (Lipinski definition) is 3. The van der Waals surface area contributed by atoms with Crippen LogP contribution >= 0.6 is 0 Å². The van der Waals surface area contributed by atoms with Crippen LogP contribution in [0.25, 0.3) is 0 Å². The van der Waals surface area contributed by atoms with Crippen molar-refractivity contribution < 1.29 is 38.1 Å². The van der Waals surface area contributed by atoms with Gasteiger partial charge in [-0.1, -0.05) is 12.1 Å². The topological polar surface area (TPSA) is 133 Å². The maximum Gasteiger partial charge on any atom is 0.252 e. The van der Waals surface area contributed by atoms with E-state index < -0.39 is 54.1 Å². The van der Waals surface area contributed by atoms with Gasteiger partial charge in [-0.05, 0) is 52.3 Å². The highest BCUT2D eigenvalue weighted by atomic mass is 16.9. The van der Waals surface area contributed by atoms with Gasteiger partial charge in [0.15, 0.2) is 24.0 Å². The van der Waals surface area contributed by atoms with Crippen molar-refractivity contribution in [2.45, 2.75) is 76.9 Å². The van der Waals surface area contributed by atoms with E-state index in [0.717, 1.165) is 5.56 Å². The molecule has 0 spiro atoms. The Bertz CT molecular complexity index is 965. The second-order valence-electron chi connectivity index (χ2n) is 9.50. The molecule has 4 rings (SSSR count). The first-order chi connectivity index (χ1) is 15.9. The first-order valence-corrected chi connectivity index (χ1v) is 11.2. The van der Waals surface area contributed by atoms with Gasteiger partial charge in [-0.3, -0.25) is 14.4 Å². The minimum Gasteiger partial charge on any atom is -0.345 e. The van der Waals surface area contributed by atoms with Crippen LogP contribution in [0.4, 0.5) is 5.69 Å². The molecule has 5 unspecified atom stereocenters. The predicted octanol–water partition coefficient (Wildman–Crippen LogP) is 0.562. The van der Waals surface area contributed by atoms with Gasteiger partial charge in [-0.2, -0.15) is 0 Å². The number of amides is 3. The summed E-state index contributed by atoms with van der Waals surface area (Å²) in [5, 5.41) is 7.71. The van der Waals surface area contributed by atoms with Gasteiger partial charge in [0.2, 0.25) is 11.8 Å². The minimum absolute atomic E-state index is 0.234. The largest absolute Gasteiger partial charge is 0.345 e. The highest BCUT2D eigenvalue weighted by molar-refractivity contribution is 5.95. The third-order valence-corrected chi connectivity index (χ3v) is 5.58. The zero-order valence-electron chi connectivity index (χ0n) is 19.9. The first-order valence-electron chi connectivity index (χ1n) is 11.2. The maximum atomic E-state index is 12.9. The molecular formula is C23H31N3O8. The lowest BCUT2D eigenvalue weighted by molar-refractivity contribution is -0.231. The molecule has 3 amide bonds. The minimum atomic E-state index is -1.07. The van der Waals surface area contributed by atoms with E-state index in [1.54, 1.807) is 33.8 Å². The second kappa shape index (κ2) is 9.23. The first kappa shape index (κ1) is 24.6. The van der Waals surface area contributed by atoms with Crippen LogP contribution in [-0.4, -0.2) is 73.1 Å². The van der Waals surface area contributed by atoms with Gasteiger partial charge < -0.3 is 39.6 Å². The van der Waals surface area contributed by atoms with E-state index >= 15 is 0 Å². The van der Waals surface area contributed by atoms with Crippen LogP contribution < -0.4 is 16.0 Å². The van der Waals surface area contributed by atoms with Crippen molar-refractivity contribution in [1.29, 1.82) is 0 Å². The molecule has 5 atom stereocenters. The smallest absolute Gasteiger partial charge is 0.252 e. The zero-order chi connectivity index (χ0) is 24.7. The molecule has 3 aliphatic rings. The average molecular weight is 478 g/mol. The molecule has 0 bridgehead atoms. The highest BCUT2D eigenvalue weighted by Crippen LogP contribution is 2.44. The fourth-order valence-corrected chi connectivity index (χ4v) is 4.26. The molecular weight excluding hydrogens is 446 g/mol. The molecule has 1 aromatic carbocycles. The number of nitrogens with one attached hydrogen (secondary N) is 3. The third-order valence-electron chi connectivity index (χ3n) is 5.58. The lowest BCUT2D eigenvalue weighted by Gasteiger charge is -2.36. The Labute approximate surface area is 197 Å². The SMILES string of the molecule is Cc1cccc(NC(=O)CNC(=O)CNC(=O)C2OC3OC(C)(C)OC3C3OC(C)(C)OC23)c1. The number of carbonyl (C=O) groups is 3. The second-order valence-corrected chi connectivity index (χ2v) is 9.50. The van der Waals surface area contributed by atoms with Crippen molar-refractivity contribution in [3.63, 3.8) is 0 Å². The van der Waals surface area contributed by atoms with Crippen LogP contribution in [0.2, 0.25) is 0 Å². The van der Waals surface area contributed by atoms with Gasteiger partial charge in [-0.15, -0.1) is 0 Å². The van der Waals surface area contributed by atoms with Crippen LogP contribution in [0.15, 0.2) is 24.3 Å². The molecule has 3 fully saturated rings. The van der Waals surface area contributed by atoms with E-state index in [1.807, 2.05) is 25.1 Å². The van der Waals surface area contributed by atoms with E-state index in [2.05, 4.69) is 16.0 Å². The number of anilines is 1. The van der Waals surface area contributed by atoms with Gasteiger partial charge in [0.25, 0.3) is 5.91 Å². The molecule has 0 radical (unpaired) electrons. The molecule has 186 valence electrons. The molecule has 11 nitrogen and oxygen atoms in total. The van der Waals surface area contributed by atoms with E-state index in [1.165, 1.54) is 0 Å². The summed E-state index contributed by atoms with van der Waals surface area (Å²) >= 11 is 0. The Morgan fingerprint density at radius 1 is 0.853 bits per heavy atom. The number of hydrogen-bond acceptors (Lipinski definition) is 8. The number of aryl methyl sites for hydroxylation is 1. The molecule has 0 saturated carbocycles. The summed E-state index contributed by atoms with van der Waals surface area (Å²) in [5.74, 6) is -3.30. The van der Waals surface area contributed by atoms with E-state index in [9.17, 15) is 14.4 Å². The van der Waals surface area contributed by atoms with Crippen molar-refractivity contribution in [2.24, 2.45) is 0 Å². The third kappa shape index (κ3) is 5.56. The Morgan fingerprint density at radius 3 is 2.24 bits per heavy atom. The van der Waals surface area contributed by atoms with Crippen molar-refractivity contribution in [2.75, 3.05) is 18.4 Å². The summed E-state index contributed by atoms with van der Waals surface area (Å²) in [6.07, 6.45) is -3.75. The van der Waals surface area contributed by atoms with Crippen molar-refractivity contribution in [3.05, 3.63) is 29.8 Å². The fourth-order valence-electron chi connectivity index (χ4n) is 4.26. The summed E-state index contributed by atoms with van der Waals surface area (Å²) in [7, 11) is 0. The van der Waals surface area contributed by atoms with Gasteiger partial charge in [0.05, 0.1) is 13.1 Å². The van der Waals surface area contributed by atoms with Gasteiger partial charge in [0, 0.05) is 5.69 Å². The van der Waals surface area contributed by atoms with Crippen molar-refractivity contribution in [3.8, 4) is 0 Å². The fraction of sp³-hybridized carbons (Fsp3) is 0.609. The van der Waals surface area contributed by atoms with E-state index in [4.69, 9.17) is 23.7 Å². The molecule has 1 aromatic rings.